The molecule has 7 heteroatoms. The summed E-state index contributed by atoms with van der Waals surface area (Å²) in [5.74, 6) is -0.279. The molecule has 2 aromatic rings. The molecule has 5 nitrogen and oxygen atoms in total. The van der Waals surface area contributed by atoms with Gasteiger partial charge in [0.25, 0.3) is 0 Å². The van der Waals surface area contributed by atoms with Crippen LogP contribution in [-0.4, -0.2) is 28.8 Å². The van der Waals surface area contributed by atoms with E-state index < -0.39 is 0 Å². The van der Waals surface area contributed by atoms with Crippen LogP contribution >= 0.6 is 22.7 Å². The summed E-state index contributed by atoms with van der Waals surface area (Å²) >= 11 is 2.87. The Morgan fingerprint density at radius 3 is 2.45 bits per heavy atom. The molecule has 0 atom stereocenters. The van der Waals surface area contributed by atoms with Crippen LogP contribution in [-0.2, 0) is 16.0 Å². The van der Waals surface area contributed by atoms with Gasteiger partial charge in [-0.15, -0.1) is 22.7 Å². The Balaban J connectivity index is 2.17. The highest BCUT2D eigenvalue weighted by Crippen LogP contribution is 2.32. The predicted octanol–water partition coefficient (Wildman–Crippen LogP) is 2.80. The van der Waals surface area contributed by atoms with E-state index >= 15 is 0 Å². The molecule has 20 heavy (non-hydrogen) atoms. The van der Waals surface area contributed by atoms with Crippen LogP contribution in [0, 0.1) is 13.8 Å². The fourth-order valence-electron chi connectivity index (χ4n) is 1.65. The normalized spacial score (nSPS) is 10.6. The van der Waals surface area contributed by atoms with Crippen LogP contribution in [0.15, 0.2) is 0 Å². The molecule has 106 valence electrons. The molecule has 0 N–H and O–H groups in total. The van der Waals surface area contributed by atoms with Crippen molar-refractivity contribution in [2.24, 2.45) is 0 Å². The highest BCUT2D eigenvalue weighted by atomic mass is 32.1. The average Bonchev–Trinajstić information content (AvgIpc) is 2.93. The van der Waals surface area contributed by atoms with E-state index in [1.165, 1.54) is 29.6 Å². The highest BCUT2D eigenvalue weighted by molar-refractivity contribution is 7.22. The fraction of sp³-hybridized carbons (Fsp3) is 0.385. The molecule has 0 aliphatic heterocycles. The molecule has 0 spiro atoms. The highest BCUT2D eigenvalue weighted by Gasteiger charge is 2.15. The van der Waals surface area contributed by atoms with Gasteiger partial charge in [0.05, 0.1) is 22.9 Å². The van der Waals surface area contributed by atoms with E-state index in [9.17, 15) is 9.59 Å². The lowest BCUT2D eigenvalue weighted by atomic mass is 10.3. The molecule has 2 rings (SSSR count). The summed E-state index contributed by atoms with van der Waals surface area (Å²) in [6.07, 6.45) is 1.46. The van der Waals surface area contributed by atoms with Crippen molar-refractivity contribution in [1.82, 2.24) is 9.97 Å². The second kappa shape index (κ2) is 6.23. The lowest BCUT2D eigenvalue weighted by molar-refractivity contribution is -0.140. The summed E-state index contributed by atoms with van der Waals surface area (Å²) in [5.41, 5.74) is 1.65. The molecular formula is C13H14N2O3S2. The van der Waals surface area contributed by atoms with Crippen LogP contribution < -0.4 is 0 Å². The third-order valence-electron chi connectivity index (χ3n) is 2.65. The van der Waals surface area contributed by atoms with E-state index in [1.807, 2.05) is 13.8 Å². The largest absolute Gasteiger partial charge is 0.465 e. The average molecular weight is 310 g/mol. The number of aromatic nitrogens is 2. The van der Waals surface area contributed by atoms with Crippen LogP contribution in [0.25, 0.3) is 10.0 Å². The molecule has 0 saturated carbocycles. The van der Waals surface area contributed by atoms with Gasteiger partial charge in [-0.05, 0) is 13.8 Å². The van der Waals surface area contributed by atoms with Crippen molar-refractivity contribution in [3.05, 3.63) is 21.1 Å². The van der Waals surface area contributed by atoms with Crippen LogP contribution in [0.4, 0.5) is 0 Å². The molecule has 2 aromatic heterocycles. The predicted molar refractivity (Wildman–Crippen MR) is 78.4 cm³/mol. The number of nitrogens with zero attached hydrogens (tertiary/aromatic N) is 2. The number of aldehydes is 1. The molecule has 0 aliphatic carbocycles. The third-order valence-corrected chi connectivity index (χ3v) is 5.09. The first-order valence-electron chi connectivity index (χ1n) is 6.04. The zero-order valence-electron chi connectivity index (χ0n) is 11.4. The number of hydrogen-bond acceptors (Lipinski definition) is 7. The summed E-state index contributed by atoms with van der Waals surface area (Å²) < 4.78 is 4.94. The molecule has 2 heterocycles. The maximum atomic E-state index is 10.9. The maximum Gasteiger partial charge on any atom is 0.302 e. The minimum Gasteiger partial charge on any atom is -0.465 e. The van der Waals surface area contributed by atoms with Crippen molar-refractivity contribution in [3.63, 3.8) is 0 Å². The molecule has 0 unspecified atom stereocenters. The number of carbonyl (C=O) groups is 2. The number of rotatable bonds is 5. The van der Waals surface area contributed by atoms with Crippen LogP contribution in [0.5, 0.6) is 0 Å². The molecule has 0 amide bonds. The van der Waals surface area contributed by atoms with Gasteiger partial charge in [0.2, 0.25) is 0 Å². The lowest BCUT2D eigenvalue weighted by Gasteiger charge is -1.99. The summed E-state index contributed by atoms with van der Waals surface area (Å²) in [6.45, 7) is 5.48. The zero-order chi connectivity index (χ0) is 14.7. The second-order valence-corrected chi connectivity index (χ2v) is 6.32. The standard InChI is InChI=1S/C13H14N2O3S2/c1-7-10(4-5-18-9(3)17)19-12(14-7)13-15-8(2)11(6-16)20-13/h6H,4-5H2,1-3H3. The van der Waals surface area contributed by atoms with Gasteiger partial charge in [0, 0.05) is 18.2 Å². The maximum absolute atomic E-state index is 10.9. The Hall–Kier alpha value is -1.60. The molecule has 0 aliphatic rings. The molecule has 0 saturated heterocycles. The minimum absolute atomic E-state index is 0.279. The summed E-state index contributed by atoms with van der Waals surface area (Å²) in [6, 6.07) is 0. The number of aryl methyl sites for hydroxylation is 2. The summed E-state index contributed by atoms with van der Waals surface area (Å²) in [7, 11) is 0. The van der Waals surface area contributed by atoms with E-state index in [2.05, 4.69) is 9.97 Å². The number of ether oxygens (including phenoxy) is 1. The van der Waals surface area contributed by atoms with Gasteiger partial charge in [0.15, 0.2) is 16.3 Å². The van der Waals surface area contributed by atoms with Gasteiger partial charge in [-0.1, -0.05) is 0 Å². The van der Waals surface area contributed by atoms with Gasteiger partial charge >= 0.3 is 5.97 Å². The van der Waals surface area contributed by atoms with E-state index in [4.69, 9.17) is 4.74 Å². The van der Waals surface area contributed by atoms with Gasteiger partial charge in [-0.25, -0.2) is 9.97 Å². The molecule has 0 aromatic carbocycles. The quantitative estimate of drug-likeness (QED) is 0.627. The fourth-order valence-corrected chi connectivity index (χ4v) is 3.59. The Kier molecular flexibility index (Phi) is 4.61. The van der Waals surface area contributed by atoms with Crippen molar-refractivity contribution in [2.45, 2.75) is 27.2 Å². The lowest BCUT2D eigenvalue weighted by Crippen LogP contribution is -2.02. The monoisotopic (exact) mass is 310 g/mol. The number of thiazole rings is 2. The van der Waals surface area contributed by atoms with E-state index in [0.717, 1.165) is 32.6 Å². The van der Waals surface area contributed by atoms with Crippen LogP contribution in [0.2, 0.25) is 0 Å². The Morgan fingerprint density at radius 2 is 1.85 bits per heavy atom. The Bertz CT molecular complexity index is 646. The first kappa shape index (κ1) is 14.8. The number of esters is 1. The molecule has 0 bridgehead atoms. The van der Waals surface area contributed by atoms with Crippen molar-refractivity contribution >= 4 is 34.9 Å². The van der Waals surface area contributed by atoms with E-state index in [1.54, 1.807) is 0 Å². The Labute approximate surface area is 124 Å². The zero-order valence-corrected chi connectivity index (χ0v) is 13.1. The minimum atomic E-state index is -0.279. The summed E-state index contributed by atoms with van der Waals surface area (Å²) in [5, 5.41) is 1.57. The second-order valence-electron chi connectivity index (χ2n) is 4.20. The van der Waals surface area contributed by atoms with Crippen molar-refractivity contribution in [2.75, 3.05) is 6.61 Å². The first-order valence-corrected chi connectivity index (χ1v) is 7.67. The number of carbonyl (C=O) groups excluding carboxylic acids is 2. The molecule has 0 fully saturated rings. The van der Waals surface area contributed by atoms with Crippen molar-refractivity contribution < 1.29 is 14.3 Å². The first-order chi connectivity index (χ1) is 9.51. The van der Waals surface area contributed by atoms with E-state index in [-0.39, 0.29) is 5.97 Å². The topological polar surface area (TPSA) is 69.2 Å². The molecular weight excluding hydrogens is 296 g/mol. The van der Waals surface area contributed by atoms with Gasteiger partial charge in [-0.2, -0.15) is 0 Å². The van der Waals surface area contributed by atoms with Crippen LogP contribution in [0.1, 0.15) is 32.9 Å². The van der Waals surface area contributed by atoms with Crippen molar-refractivity contribution in [3.8, 4) is 10.0 Å². The smallest absolute Gasteiger partial charge is 0.302 e. The van der Waals surface area contributed by atoms with Gasteiger partial charge in [0.1, 0.15) is 0 Å². The van der Waals surface area contributed by atoms with Crippen molar-refractivity contribution in [1.29, 1.82) is 0 Å². The summed E-state index contributed by atoms with van der Waals surface area (Å²) in [4.78, 5) is 32.1. The SMILES string of the molecule is CC(=O)OCCc1sc(-c2nc(C)c(C=O)s2)nc1C. The van der Waals surface area contributed by atoms with Gasteiger partial charge in [-0.3, -0.25) is 9.59 Å². The Morgan fingerprint density at radius 1 is 1.20 bits per heavy atom. The molecule has 0 radical (unpaired) electrons. The van der Waals surface area contributed by atoms with Gasteiger partial charge < -0.3 is 4.74 Å². The number of hydrogen-bond donors (Lipinski definition) is 0. The van der Waals surface area contributed by atoms with E-state index in [0.29, 0.717) is 17.9 Å². The van der Waals surface area contributed by atoms with Crippen LogP contribution in [0.3, 0.4) is 0 Å². The third kappa shape index (κ3) is 3.29.